The van der Waals surface area contributed by atoms with Gasteiger partial charge < -0.3 is 10.2 Å². The molecule has 96 valence electrons. The summed E-state index contributed by atoms with van der Waals surface area (Å²) in [7, 11) is -1.14. The predicted molar refractivity (Wildman–Crippen MR) is 66.0 cm³/mol. The molecule has 0 aliphatic carbocycles. The molecule has 0 aromatic rings. The average molecular weight is 249 g/mol. The van der Waals surface area contributed by atoms with E-state index in [4.69, 9.17) is 0 Å². The molecule has 1 heterocycles. The molecule has 16 heavy (non-hydrogen) atoms. The summed E-state index contributed by atoms with van der Waals surface area (Å²) in [6.45, 7) is 5.77. The van der Waals surface area contributed by atoms with Crippen LogP contribution in [0, 0.1) is 0 Å². The predicted octanol–water partition coefficient (Wildman–Crippen LogP) is -0.390. The topological polar surface area (TPSA) is 61.4 Å². The van der Waals surface area contributed by atoms with Crippen molar-refractivity contribution in [1.82, 2.24) is 14.9 Å². The summed E-state index contributed by atoms with van der Waals surface area (Å²) in [6, 6.07) is 0. The van der Waals surface area contributed by atoms with Gasteiger partial charge in [-0.3, -0.25) is 0 Å². The second-order valence-electron chi connectivity index (χ2n) is 4.30. The Balaban J connectivity index is 2.33. The fourth-order valence-corrected chi connectivity index (χ4v) is 3.17. The monoisotopic (exact) mass is 249 g/mol. The van der Waals surface area contributed by atoms with Gasteiger partial charge in [-0.25, -0.2) is 13.1 Å². The summed E-state index contributed by atoms with van der Waals surface area (Å²) in [6.07, 6.45) is 1.71. The number of hydrogen-bond donors (Lipinski definition) is 2. The lowest BCUT2D eigenvalue weighted by atomic mass is 10.2. The Morgan fingerprint density at radius 3 is 2.81 bits per heavy atom. The second kappa shape index (κ2) is 6.54. The third-order valence-electron chi connectivity index (χ3n) is 3.03. The zero-order chi connectivity index (χ0) is 12.0. The third-order valence-corrected chi connectivity index (χ3v) is 4.91. The van der Waals surface area contributed by atoms with E-state index in [1.54, 1.807) is 0 Å². The molecule has 1 aliphatic rings. The van der Waals surface area contributed by atoms with Gasteiger partial charge in [-0.1, -0.05) is 6.92 Å². The van der Waals surface area contributed by atoms with Crippen molar-refractivity contribution in [2.45, 2.75) is 25.0 Å². The van der Waals surface area contributed by atoms with Gasteiger partial charge in [0.15, 0.2) is 0 Å². The molecule has 0 saturated carbocycles. The van der Waals surface area contributed by atoms with Gasteiger partial charge in [-0.2, -0.15) is 0 Å². The Morgan fingerprint density at radius 1 is 1.50 bits per heavy atom. The van der Waals surface area contributed by atoms with E-state index in [0.717, 1.165) is 32.5 Å². The SMILES string of the molecule is CCN(C)CCNS(=O)(=O)C1CCCNC1. The molecule has 1 rings (SSSR count). The van der Waals surface area contributed by atoms with Gasteiger partial charge in [0.1, 0.15) is 0 Å². The van der Waals surface area contributed by atoms with E-state index in [9.17, 15) is 8.42 Å². The van der Waals surface area contributed by atoms with E-state index >= 15 is 0 Å². The maximum atomic E-state index is 11.9. The Hall–Kier alpha value is -0.170. The third kappa shape index (κ3) is 4.37. The standard InChI is InChI=1S/C10H23N3O2S/c1-3-13(2)8-7-12-16(14,15)10-5-4-6-11-9-10/h10-12H,3-9H2,1-2H3. The highest BCUT2D eigenvalue weighted by molar-refractivity contribution is 7.90. The van der Waals surface area contributed by atoms with Crippen LogP contribution in [0.15, 0.2) is 0 Å². The minimum Gasteiger partial charge on any atom is -0.315 e. The van der Waals surface area contributed by atoms with Crippen LogP contribution in [0.3, 0.4) is 0 Å². The smallest absolute Gasteiger partial charge is 0.215 e. The first-order valence-electron chi connectivity index (χ1n) is 5.94. The van der Waals surface area contributed by atoms with Gasteiger partial charge in [0, 0.05) is 19.6 Å². The van der Waals surface area contributed by atoms with Crippen molar-refractivity contribution in [3.63, 3.8) is 0 Å². The Morgan fingerprint density at radius 2 is 2.25 bits per heavy atom. The van der Waals surface area contributed by atoms with Crippen molar-refractivity contribution in [1.29, 1.82) is 0 Å². The first-order valence-corrected chi connectivity index (χ1v) is 7.48. The zero-order valence-electron chi connectivity index (χ0n) is 10.2. The molecule has 0 radical (unpaired) electrons. The van der Waals surface area contributed by atoms with Crippen molar-refractivity contribution >= 4 is 10.0 Å². The molecule has 2 N–H and O–H groups in total. The van der Waals surface area contributed by atoms with Crippen LogP contribution < -0.4 is 10.0 Å². The van der Waals surface area contributed by atoms with Gasteiger partial charge in [0.25, 0.3) is 0 Å². The normalized spacial score (nSPS) is 22.6. The van der Waals surface area contributed by atoms with E-state index in [2.05, 4.69) is 21.9 Å². The summed E-state index contributed by atoms with van der Waals surface area (Å²) in [5.74, 6) is 0. The Kier molecular flexibility index (Phi) is 5.68. The highest BCUT2D eigenvalue weighted by Crippen LogP contribution is 2.09. The molecule has 1 aliphatic heterocycles. The summed E-state index contributed by atoms with van der Waals surface area (Å²) < 4.78 is 26.5. The van der Waals surface area contributed by atoms with Crippen molar-refractivity contribution < 1.29 is 8.42 Å². The van der Waals surface area contributed by atoms with Crippen LogP contribution in [0.5, 0.6) is 0 Å². The number of likely N-dealkylation sites (N-methyl/N-ethyl adjacent to an activating group) is 1. The molecular weight excluding hydrogens is 226 g/mol. The van der Waals surface area contributed by atoms with Gasteiger partial charge >= 0.3 is 0 Å². The number of piperidine rings is 1. The quantitative estimate of drug-likeness (QED) is 0.673. The zero-order valence-corrected chi connectivity index (χ0v) is 11.0. The lowest BCUT2D eigenvalue weighted by molar-refractivity contribution is 0.357. The number of nitrogens with one attached hydrogen (secondary N) is 2. The van der Waals surface area contributed by atoms with Crippen molar-refractivity contribution in [3.05, 3.63) is 0 Å². The first-order chi connectivity index (χ1) is 7.56. The molecule has 1 fully saturated rings. The Bertz CT molecular complexity index is 286. The number of rotatable bonds is 6. The summed E-state index contributed by atoms with van der Waals surface area (Å²) in [5, 5.41) is 2.87. The molecule has 6 heteroatoms. The van der Waals surface area contributed by atoms with Crippen LogP contribution in [0.25, 0.3) is 0 Å². The maximum Gasteiger partial charge on any atom is 0.215 e. The maximum absolute atomic E-state index is 11.9. The van der Waals surface area contributed by atoms with Crippen LogP contribution in [-0.4, -0.2) is 58.3 Å². The molecule has 0 spiro atoms. The summed E-state index contributed by atoms with van der Waals surface area (Å²) >= 11 is 0. The molecule has 5 nitrogen and oxygen atoms in total. The van der Waals surface area contributed by atoms with Crippen molar-refractivity contribution in [2.24, 2.45) is 0 Å². The van der Waals surface area contributed by atoms with Crippen LogP contribution in [0.2, 0.25) is 0 Å². The van der Waals surface area contributed by atoms with Crippen LogP contribution in [0.4, 0.5) is 0 Å². The van der Waals surface area contributed by atoms with Crippen LogP contribution in [-0.2, 0) is 10.0 Å². The van der Waals surface area contributed by atoms with Gasteiger partial charge in [-0.15, -0.1) is 0 Å². The first kappa shape index (κ1) is 13.9. The van der Waals surface area contributed by atoms with Gasteiger partial charge in [0.05, 0.1) is 5.25 Å². The fraction of sp³-hybridized carbons (Fsp3) is 1.00. The van der Waals surface area contributed by atoms with Crippen molar-refractivity contribution in [3.8, 4) is 0 Å². The molecule has 1 saturated heterocycles. The molecule has 1 atom stereocenters. The van der Waals surface area contributed by atoms with E-state index < -0.39 is 10.0 Å². The lowest BCUT2D eigenvalue weighted by Gasteiger charge is -2.23. The molecule has 0 aromatic carbocycles. The number of sulfonamides is 1. The fourth-order valence-electron chi connectivity index (χ4n) is 1.74. The largest absolute Gasteiger partial charge is 0.315 e. The Labute approximate surface area is 98.6 Å². The van der Waals surface area contributed by atoms with E-state index in [-0.39, 0.29) is 5.25 Å². The van der Waals surface area contributed by atoms with E-state index in [0.29, 0.717) is 13.1 Å². The highest BCUT2D eigenvalue weighted by atomic mass is 32.2. The van der Waals surface area contributed by atoms with E-state index in [1.165, 1.54) is 0 Å². The number of nitrogens with zero attached hydrogens (tertiary/aromatic N) is 1. The van der Waals surface area contributed by atoms with Gasteiger partial charge in [-0.05, 0) is 33.0 Å². The number of hydrogen-bond acceptors (Lipinski definition) is 4. The second-order valence-corrected chi connectivity index (χ2v) is 6.35. The molecular formula is C10H23N3O2S. The van der Waals surface area contributed by atoms with Crippen LogP contribution in [0.1, 0.15) is 19.8 Å². The average Bonchev–Trinajstić information content (AvgIpc) is 2.30. The minimum absolute atomic E-state index is 0.256. The highest BCUT2D eigenvalue weighted by Gasteiger charge is 2.26. The van der Waals surface area contributed by atoms with Crippen molar-refractivity contribution in [2.75, 3.05) is 39.8 Å². The summed E-state index contributed by atoms with van der Waals surface area (Å²) in [5.41, 5.74) is 0. The lowest BCUT2D eigenvalue weighted by Crippen LogP contribution is -2.45. The molecule has 0 aromatic heterocycles. The molecule has 0 amide bonds. The minimum atomic E-state index is -3.13. The summed E-state index contributed by atoms with van der Waals surface area (Å²) in [4.78, 5) is 2.08. The van der Waals surface area contributed by atoms with Gasteiger partial charge in [0.2, 0.25) is 10.0 Å². The molecule has 1 unspecified atom stereocenters. The van der Waals surface area contributed by atoms with E-state index in [1.807, 2.05) is 7.05 Å². The molecule has 0 bridgehead atoms. The van der Waals surface area contributed by atoms with Crippen LogP contribution >= 0.6 is 0 Å².